The van der Waals surface area contributed by atoms with Crippen molar-refractivity contribution in [2.24, 2.45) is 11.8 Å². The lowest BCUT2D eigenvalue weighted by atomic mass is 9.64. The summed E-state index contributed by atoms with van der Waals surface area (Å²) in [6.45, 7) is -1.15. The number of carbonyl (C=O) groups is 1. The summed E-state index contributed by atoms with van der Waals surface area (Å²) < 4.78 is 87.8. The van der Waals surface area contributed by atoms with Gasteiger partial charge in [-0.15, -0.1) is 0 Å². The zero-order valence-corrected chi connectivity index (χ0v) is 14.0. The van der Waals surface area contributed by atoms with Gasteiger partial charge in [0.2, 0.25) is 0 Å². The zero-order valence-electron chi connectivity index (χ0n) is 13.2. The van der Waals surface area contributed by atoms with Crippen molar-refractivity contribution in [3.63, 3.8) is 0 Å². The molecule has 0 amide bonds. The summed E-state index contributed by atoms with van der Waals surface area (Å²) in [6, 6.07) is 0. The Morgan fingerprint density at radius 1 is 1.20 bits per heavy atom. The second-order valence-corrected chi connectivity index (χ2v) is 8.11. The van der Waals surface area contributed by atoms with Crippen molar-refractivity contribution in [2.45, 2.75) is 61.7 Å². The molecule has 0 aromatic heterocycles. The van der Waals surface area contributed by atoms with Crippen LogP contribution in [0.25, 0.3) is 0 Å². The molecule has 2 fully saturated rings. The van der Waals surface area contributed by atoms with E-state index < -0.39 is 51.8 Å². The van der Waals surface area contributed by atoms with Gasteiger partial charge >= 0.3 is 17.1 Å². The molecule has 2 saturated carbocycles. The third-order valence-electron chi connectivity index (χ3n) is 5.14. The van der Waals surface area contributed by atoms with Crippen LogP contribution in [0.1, 0.15) is 44.9 Å². The van der Waals surface area contributed by atoms with Gasteiger partial charge in [-0.2, -0.15) is 17.6 Å². The highest BCUT2D eigenvalue weighted by molar-refractivity contribution is 7.86. The molecule has 2 aliphatic carbocycles. The molecule has 1 N–H and O–H groups in total. The Hall–Kier alpha value is -0.940. The van der Waals surface area contributed by atoms with Crippen molar-refractivity contribution in [3.05, 3.63) is 0 Å². The molecule has 0 bridgehead atoms. The standard InChI is InChI=1S/C14H20F4O6S/c15-13(16,14(17,18)25(21,22)23)7-8-24-11(19)9-3-4-10(9)12(20)5-1-2-6-12/h9-10,20H,1-8H2,(H,21,22,23)/p-1. The van der Waals surface area contributed by atoms with Crippen LogP contribution in [0.2, 0.25) is 0 Å². The third-order valence-corrected chi connectivity index (χ3v) is 6.06. The van der Waals surface area contributed by atoms with E-state index in [1.54, 1.807) is 0 Å². The fraction of sp³-hybridized carbons (Fsp3) is 0.929. The van der Waals surface area contributed by atoms with Crippen LogP contribution < -0.4 is 0 Å². The van der Waals surface area contributed by atoms with E-state index in [1.165, 1.54) is 0 Å². The van der Waals surface area contributed by atoms with Gasteiger partial charge in [0.1, 0.15) is 0 Å². The first-order valence-corrected chi connectivity index (χ1v) is 9.33. The smallest absolute Gasteiger partial charge is 0.396 e. The SMILES string of the molecule is O=C(OCCC(F)(F)C(F)(F)S(=O)(=O)[O-])C1CCC1C1(O)CCCC1. The maximum atomic E-state index is 13.3. The highest BCUT2D eigenvalue weighted by atomic mass is 32.2. The Morgan fingerprint density at radius 3 is 2.20 bits per heavy atom. The van der Waals surface area contributed by atoms with Gasteiger partial charge in [0.25, 0.3) is 0 Å². The summed E-state index contributed by atoms with van der Waals surface area (Å²) in [5, 5.41) is 4.67. The monoisotopic (exact) mass is 391 g/mol. The van der Waals surface area contributed by atoms with Gasteiger partial charge in [-0.05, 0) is 25.7 Å². The molecule has 2 unspecified atom stereocenters. The van der Waals surface area contributed by atoms with Gasteiger partial charge in [0.15, 0.2) is 10.1 Å². The first-order valence-electron chi connectivity index (χ1n) is 7.92. The van der Waals surface area contributed by atoms with E-state index in [1.807, 2.05) is 0 Å². The lowest BCUT2D eigenvalue weighted by Crippen LogP contribution is -2.49. The van der Waals surface area contributed by atoms with E-state index in [9.17, 15) is 40.4 Å². The molecule has 146 valence electrons. The van der Waals surface area contributed by atoms with Gasteiger partial charge in [-0.25, -0.2) is 8.42 Å². The summed E-state index contributed by atoms with van der Waals surface area (Å²) >= 11 is 0. The highest BCUT2D eigenvalue weighted by Crippen LogP contribution is 2.49. The van der Waals surface area contributed by atoms with E-state index in [0.717, 1.165) is 12.8 Å². The van der Waals surface area contributed by atoms with Crippen LogP contribution in [0.4, 0.5) is 17.6 Å². The maximum Gasteiger partial charge on any atom is 0.396 e. The Morgan fingerprint density at radius 2 is 1.76 bits per heavy atom. The predicted molar refractivity (Wildman–Crippen MR) is 74.8 cm³/mol. The van der Waals surface area contributed by atoms with Crippen LogP contribution in [0.3, 0.4) is 0 Å². The van der Waals surface area contributed by atoms with Crippen LogP contribution in [0.15, 0.2) is 0 Å². The minimum atomic E-state index is -6.56. The summed E-state index contributed by atoms with van der Waals surface area (Å²) in [5.74, 6) is -7.09. The summed E-state index contributed by atoms with van der Waals surface area (Å²) in [4.78, 5) is 11.9. The fourth-order valence-electron chi connectivity index (χ4n) is 3.50. The largest absolute Gasteiger partial charge is 0.743 e. The number of rotatable bonds is 7. The quantitative estimate of drug-likeness (QED) is 0.405. The average Bonchev–Trinajstić information content (AvgIpc) is 2.82. The van der Waals surface area contributed by atoms with Crippen molar-refractivity contribution in [2.75, 3.05) is 6.61 Å². The number of ether oxygens (including phenoxy) is 1. The number of carbonyl (C=O) groups excluding carboxylic acids is 1. The lowest BCUT2D eigenvalue weighted by Gasteiger charge is -2.44. The minimum Gasteiger partial charge on any atom is -0.743 e. The molecule has 0 aromatic rings. The van der Waals surface area contributed by atoms with Crippen molar-refractivity contribution < 1.29 is 45.2 Å². The number of hydrogen-bond donors (Lipinski definition) is 1. The number of hydrogen-bond acceptors (Lipinski definition) is 6. The molecule has 2 atom stereocenters. The lowest BCUT2D eigenvalue weighted by molar-refractivity contribution is -0.181. The summed E-state index contributed by atoms with van der Waals surface area (Å²) in [7, 11) is -6.56. The molecule has 0 heterocycles. The van der Waals surface area contributed by atoms with Gasteiger partial charge in [0, 0.05) is 5.92 Å². The molecule has 0 aromatic carbocycles. The molecule has 0 aliphatic heterocycles. The normalized spacial score (nSPS) is 27.0. The molecule has 2 rings (SSSR count). The van der Waals surface area contributed by atoms with Crippen LogP contribution >= 0.6 is 0 Å². The second-order valence-electron chi connectivity index (χ2n) is 6.69. The zero-order chi connectivity index (χ0) is 19.1. The topological polar surface area (TPSA) is 104 Å². The maximum absolute atomic E-state index is 13.3. The summed E-state index contributed by atoms with van der Waals surface area (Å²) in [6.07, 6.45) is 1.89. The molecule has 0 radical (unpaired) electrons. The van der Waals surface area contributed by atoms with E-state index in [4.69, 9.17) is 0 Å². The van der Waals surface area contributed by atoms with Crippen molar-refractivity contribution in [1.29, 1.82) is 0 Å². The van der Waals surface area contributed by atoms with Gasteiger partial charge in [-0.1, -0.05) is 12.8 Å². The average molecular weight is 391 g/mol. The van der Waals surface area contributed by atoms with Crippen molar-refractivity contribution in [3.8, 4) is 0 Å². The first kappa shape index (κ1) is 20.4. The molecule has 11 heteroatoms. The third kappa shape index (κ3) is 3.77. The first-order chi connectivity index (χ1) is 11.3. The molecular weight excluding hydrogens is 372 g/mol. The molecular formula is C14H19F4O6S-. The minimum absolute atomic E-state index is 0.355. The molecule has 2 aliphatic rings. The van der Waals surface area contributed by atoms with Gasteiger partial charge in [0.05, 0.1) is 24.5 Å². The van der Waals surface area contributed by atoms with E-state index in [0.29, 0.717) is 25.7 Å². The highest BCUT2D eigenvalue weighted by Gasteiger charge is 2.61. The Balaban J connectivity index is 1.88. The van der Waals surface area contributed by atoms with Crippen LogP contribution in [-0.2, 0) is 19.6 Å². The molecule has 6 nitrogen and oxygen atoms in total. The number of alkyl halides is 4. The Bertz CT molecular complexity index is 615. The molecule has 0 saturated heterocycles. The van der Waals surface area contributed by atoms with Crippen LogP contribution in [0, 0.1) is 11.8 Å². The second kappa shape index (κ2) is 6.66. The van der Waals surface area contributed by atoms with E-state index in [-0.39, 0.29) is 5.92 Å². The fourth-order valence-corrected chi connectivity index (χ4v) is 3.97. The van der Waals surface area contributed by atoms with Crippen LogP contribution in [0.5, 0.6) is 0 Å². The number of esters is 1. The van der Waals surface area contributed by atoms with E-state index >= 15 is 0 Å². The number of aliphatic hydroxyl groups is 1. The van der Waals surface area contributed by atoms with Gasteiger partial charge in [-0.3, -0.25) is 4.79 Å². The number of halogens is 4. The molecule has 25 heavy (non-hydrogen) atoms. The van der Waals surface area contributed by atoms with Crippen LogP contribution in [-0.4, -0.2) is 47.4 Å². The predicted octanol–water partition coefficient (Wildman–Crippen LogP) is 2.02. The molecule has 0 spiro atoms. The van der Waals surface area contributed by atoms with E-state index in [2.05, 4.69) is 4.74 Å². The van der Waals surface area contributed by atoms with Crippen molar-refractivity contribution >= 4 is 16.1 Å². The van der Waals surface area contributed by atoms with Crippen molar-refractivity contribution in [1.82, 2.24) is 0 Å². The Kier molecular flexibility index (Phi) is 5.42. The Labute approximate surface area is 142 Å². The summed E-state index contributed by atoms with van der Waals surface area (Å²) in [5.41, 5.74) is -0.991. The van der Waals surface area contributed by atoms with Gasteiger partial charge < -0.3 is 14.4 Å².